The van der Waals surface area contributed by atoms with E-state index in [4.69, 9.17) is 4.42 Å². The first-order valence-corrected chi connectivity index (χ1v) is 6.92. The molecule has 0 aromatic carbocycles. The fraction of sp³-hybridized carbons (Fsp3) is 0.714. The second-order valence-electron chi connectivity index (χ2n) is 5.33. The van der Waals surface area contributed by atoms with E-state index in [2.05, 4.69) is 16.3 Å². The van der Waals surface area contributed by atoms with Crippen LogP contribution in [-0.4, -0.2) is 31.1 Å². The van der Waals surface area contributed by atoms with Gasteiger partial charge in [-0.05, 0) is 24.8 Å². The van der Waals surface area contributed by atoms with Crippen molar-refractivity contribution in [3.05, 3.63) is 24.2 Å². The Balaban J connectivity index is 0.000000902. The number of hydrogen-bond donors (Lipinski definition) is 1. The number of nitrogens with zero attached hydrogens (tertiary/aromatic N) is 1. The smallest absolute Gasteiger partial charge is 0.0950 e. The lowest BCUT2D eigenvalue weighted by Gasteiger charge is -2.37. The summed E-state index contributed by atoms with van der Waals surface area (Å²) in [5.74, 6) is 0.839. The number of hydrogen-bond acceptors (Lipinski definition) is 3. The van der Waals surface area contributed by atoms with Crippen LogP contribution in [-0.2, 0) is 0 Å². The molecule has 3 nitrogen and oxygen atoms in total. The highest BCUT2D eigenvalue weighted by Crippen LogP contribution is 2.39. The van der Waals surface area contributed by atoms with Gasteiger partial charge >= 0.3 is 0 Å². The monoisotopic (exact) mass is 306 g/mol. The Bertz CT molecular complexity index is 333. The van der Waals surface area contributed by atoms with Crippen molar-refractivity contribution in [3.8, 4) is 0 Å². The molecule has 0 amide bonds. The van der Waals surface area contributed by atoms with Crippen molar-refractivity contribution in [2.75, 3.05) is 26.2 Å². The van der Waals surface area contributed by atoms with Crippen LogP contribution in [0.3, 0.4) is 0 Å². The summed E-state index contributed by atoms with van der Waals surface area (Å²) in [7, 11) is 0. The van der Waals surface area contributed by atoms with E-state index < -0.39 is 0 Å². The SMILES string of the molecule is Cl.Cl.c1cc([C@H](C2CCCC2)N2CCNCC2)co1. The molecule has 0 radical (unpaired) electrons. The van der Waals surface area contributed by atoms with Crippen LogP contribution in [0.15, 0.2) is 23.0 Å². The molecule has 1 saturated heterocycles. The predicted molar refractivity (Wildman–Crippen MR) is 82.3 cm³/mol. The fourth-order valence-corrected chi connectivity index (χ4v) is 3.46. The van der Waals surface area contributed by atoms with Crippen molar-refractivity contribution in [2.45, 2.75) is 31.7 Å². The molecule has 1 atom stereocenters. The van der Waals surface area contributed by atoms with Gasteiger partial charge in [0, 0.05) is 37.8 Å². The Morgan fingerprint density at radius 3 is 2.42 bits per heavy atom. The van der Waals surface area contributed by atoms with Gasteiger partial charge in [-0.3, -0.25) is 4.90 Å². The van der Waals surface area contributed by atoms with Crippen LogP contribution in [0.5, 0.6) is 0 Å². The molecule has 110 valence electrons. The molecule has 1 aliphatic heterocycles. The van der Waals surface area contributed by atoms with E-state index >= 15 is 0 Å². The number of piperazine rings is 1. The lowest BCUT2D eigenvalue weighted by molar-refractivity contribution is 0.125. The van der Waals surface area contributed by atoms with Crippen LogP contribution in [0.1, 0.15) is 37.3 Å². The van der Waals surface area contributed by atoms with Gasteiger partial charge in [-0.25, -0.2) is 0 Å². The average molecular weight is 307 g/mol. The summed E-state index contributed by atoms with van der Waals surface area (Å²) in [5.41, 5.74) is 1.39. The summed E-state index contributed by atoms with van der Waals surface area (Å²) in [6.45, 7) is 4.60. The van der Waals surface area contributed by atoms with E-state index in [-0.39, 0.29) is 24.8 Å². The minimum Gasteiger partial charge on any atom is -0.472 e. The first kappa shape index (κ1) is 16.8. The Labute approximate surface area is 127 Å². The Morgan fingerprint density at radius 2 is 1.84 bits per heavy atom. The van der Waals surface area contributed by atoms with E-state index in [9.17, 15) is 0 Å². The standard InChI is InChI=1S/C14H22N2O.2ClH/c1-2-4-12(3-1)14(13-5-10-17-11-13)16-8-6-15-7-9-16;;/h5,10-12,14-15H,1-4,6-9H2;2*1H/t14-;;/m0../s1. The van der Waals surface area contributed by atoms with Gasteiger partial charge in [-0.15, -0.1) is 24.8 Å². The zero-order valence-corrected chi connectivity index (χ0v) is 12.8. The molecule has 0 spiro atoms. The highest BCUT2D eigenvalue weighted by Gasteiger charge is 2.32. The Kier molecular flexibility index (Phi) is 7.22. The molecule has 2 fully saturated rings. The van der Waals surface area contributed by atoms with Gasteiger partial charge in [0.2, 0.25) is 0 Å². The van der Waals surface area contributed by atoms with Gasteiger partial charge in [-0.1, -0.05) is 12.8 Å². The summed E-state index contributed by atoms with van der Waals surface area (Å²) >= 11 is 0. The number of rotatable bonds is 3. The number of nitrogens with one attached hydrogen (secondary N) is 1. The predicted octanol–water partition coefficient (Wildman–Crippen LogP) is 3.26. The first-order chi connectivity index (χ1) is 8.45. The molecule has 2 heterocycles. The molecule has 5 heteroatoms. The van der Waals surface area contributed by atoms with Gasteiger partial charge in [0.15, 0.2) is 0 Å². The summed E-state index contributed by atoms with van der Waals surface area (Å²) in [6.07, 6.45) is 9.36. The minimum absolute atomic E-state index is 0. The van der Waals surface area contributed by atoms with Crippen LogP contribution < -0.4 is 5.32 Å². The molecule has 1 N–H and O–H groups in total. The van der Waals surface area contributed by atoms with Gasteiger partial charge in [0.05, 0.1) is 12.5 Å². The van der Waals surface area contributed by atoms with Crippen LogP contribution in [0.2, 0.25) is 0 Å². The zero-order valence-electron chi connectivity index (χ0n) is 11.2. The lowest BCUT2D eigenvalue weighted by Crippen LogP contribution is -2.46. The molecule has 1 saturated carbocycles. The fourth-order valence-electron chi connectivity index (χ4n) is 3.46. The van der Waals surface area contributed by atoms with Crippen LogP contribution >= 0.6 is 24.8 Å². The maximum Gasteiger partial charge on any atom is 0.0950 e. The van der Waals surface area contributed by atoms with Gasteiger partial charge in [0.1, 0.15) is 0 Å². The lowest BCUT2D eigenvalue weighted by atomic mass is 9.91. The van der Waals surface area contributed by atoms with Crippen LogP contribution in [0.25, 0.3) is 0 Å². The number of halogens is 2. The third kappa shape index (κ3) is 3.88. The van der Waals surface area contributed by atoms with Gasteiger partial charge < -0.3 is 9.73 Å². The zero-order chi connectivity index (χ0) is 11.5. The maximum absolute atomic E-state index is 5.30. The molecule has 1 aliphatic carbocycles. The molecule has 1 aromatic heterocycles. The van der Waals surface area contributed by atoms with Crippen molar-refractivity contribution in [1.29, 1.82) is 0 Å². The molecule has 19 heavy (non-hydrogen) atoms. The molecular weight excluding hydrogens is 283 g/mol. The second-order valence-corrected chi connectivity index (χ2v) is 5.33. The van der Waals surface area contributed by atoms with E-state index in [1.54, 1.807) is 0 Å². The molecule has 2 aliphatic rings. The molecule has 0 unspecified atom stereocenters. The average Bonchev–Trinajstić information content (AvgIpc) is 3.04. The van der Waals surface area contributed by atoms with Crippen molar-refractivity contribution in [1.82, 2.24) is 10.2 Å². The molecule has 1 aromatic rings. The topological polar surface area (TPSA) is 28.4 Å². The Hall–Kier alpha value is -0.220. The summed E-state index contributed by atoms with van der Waals surface area (Å²) in [5, 5.41) is 3.44. The summed E-state index contributed by atoms with van der Waals surface area (Å²) < 4.78 is 5.30. The van der Waals surface area contributed by atoms with Crippen molar-refractivity contribution < 1.29 is 4.42 Å². The van der Waals surface area contributed by atoms with E-state index in [1.807, 2.05) is 12.5 Å². The largest absolute Gasteiger partial charge is 0.472 e. The first-order valence-electron chi connectivity index (χ1n) is 6.92. The minimum atomic E-state index is 0. The second kappa shape index (κ2) is 8.15. The van der Waals surface area contributed by atoms with Gasteiger partial charge in [0.25, 0.3) is 0 Å². The van der Waals surface area contributed by atoms with Gasteiger partial charge in [-0.2, -0.15) is 0 Å². The van der Waals surface area contributed by atoms with Crippen molar-refractivity contribution >= 4 is 24.8 Å². The molecule has 0 bridgehead atoms. The molecular formula is C14H24Cl2N2O. The maximum atomic E-state index is 5.30. The number of furan rings is 1. The third-order valence-electron chi connectivity index (χ3n) is 4.28. The van der Waals surface area contributed by atoms with Crippen LogP contribution in [0.4, 0.5) is 0 Å². The highest BCUT2D eigenvalue weighted by molar-refractivity contribution is 5.85. The third-order valence-corrected chi connectivity index (χ3v) is 4.28. The summed E-state index contributed by atoms with van der Waals surface area (Å²) in [4.78, 5) is 2.65. The Morgan fingerprint density at radius 1 is 1.16 bits per heavy atom. The summed E-state index contributed by atoms with van der Waals surface area (Å²) in [6, 6.07) is 2.75. The van der Waals surface area contributed by atoms with E-state index in [0.29, 0.717) is 6.04 Å². The van der Waals surface area contributed by atoms with Crippen molar-refractivity contribution in [2.24, 2.45) is 5.92 Å². The van der Waals surface area contributed by atoms with E-state index in [1.165, 1.54) is 44.3 Å². The normalized spacial score (nSPS) is 22.5. The quantitative estimate of drug-likeness (QED) is 0.929. The van der Waals surface area contributed by atoms with E-state index in [0.717, 1.165) is 19.0 Å². The molecule has 3 rings (SSSR count). The van der Waals surface area contributed by atoms with Crippen LogP contribution in [0, 0.1) is 5.92 Å². The highest BCUT2D eigenvalue weighted by atomic mass is 35.5. The van der Waals surface area contributed by atoms with Crippen molar-refractivity contribution in [3.63, 3.8) is 0 Å².